The lowest BCUT2D eigenvalue weighted by molar-refractivity contribution is -0.142. The number of carboxylic acid groups (broad SMARTS) is 1. The van der Waals surface area contributed by atoms with Crippen molar-refractivity contribution in [3.8, 4) is 5.75 Å². The predicted octanol–water partition coefficient (Wildman–Crippen LogP) is 2.81. The minimum Gasteiger partial charge on any atom is -0.508 e. The van der Waals surface area contributed by atoms with E-state index < -0.39 is 47.9 Å². The second-order valence-corrected chi connectivity index (χ2v) is 11.9. The number of carbonyl (C=O) groups is 4. The summed E-state index contributed by atoms with van der Waals surface area (Å²) in [5, 5.41) is 28.5. The summed E-state index contributed by atoms with van der Waals surface area (Å²) in [6.07, 6.45) is 2.35. The summed E-state index contributed by atoms with van der Waals surface area (Å²) in [4.78, 5) is 56.1. The van der Waals surface area contributed by atoms with Gasteiger partial charge in [0, 0.05) is 36.4 Å². The van der Waals surface area contributed by atoms with Gasteiger partial charge in [-0.2, -0.15) is 0 Å². The van der Waals surface area contributed by atoms with Gasteiger partial charge in [-0.3, -0.25) is 14.4 Å². The van der Waals surface area contributed by atoms with Crippen molar-refractivity contribution in [1.29, 1.82) is 0 Å². The number of hydrogen-bond acceptors (Lipinski definition) is 6. The van der Waals surface area contributed by atoms with Crippen LogP contribution in [-0.4, -0.2) is 63.1 Å². The van der Waals surface area contributed by atoms with Crippen LogP contribution in [0.15, 0.2) is 85.1 Å². The van der Waals surface area contributed by atoms with Crippen LogP contribution in [0.5, 0.6) is 5.75 Å². The maximum Gasteiger partial charge on any atom is 0.326 e. The van der Waals surface area contributed by atoms with Gasteiger partial charge in [0.05, 0.1) is 6.04 Å². The third-order valence-corrected chi connectivity index (χ3v) is 7.70. The maximum atomic E-state index is 13.9. The summed E-state index contributed by atoms with van der Waals surface area (Å²) in [6.45, 7) is 3.89. The van der Waals surface area contributed by atoms with Crippen molar-refractivity contribution in [2.45, 2.75) is 63.7 Å². The number of benzene rings is 3. The average molecular weight is 628 g/mol. The number of carboxylic acids is 1. The highest BCUT2D eigenvalue weighted by atomic mass is 16.4. The van der Waals surface area contributed by atoms with Crippen LogP contribution in [0.3, 0.4) is 0 Å². The molecule has 4 unspecified atom stereocenters. The van der Waals surface area contributed by atoms with Crippen molar-refractivity contribution in [3.63, 3.8) is 0 Å². The van der Waals surface area contributed by atoms with Crippen LogP contribution < -0.4 is 21.7 Å². The number of fused-ring (bicyclic) bond motifs is 1. The molecular weight excluding hydrogens is 586 g/mol. The second-order valence-electron chi connectivity index (χ2n) is 11.9. The summed E-state index contributed by atoms with van der Waals surface area (Å²) in [5.74, 6) is -2.87. The molecule has 1 aromatic heterocycles. The lowest BCUT2D eigenvalue weighted by Gasteiger charge is -2.26. The number of phenols is 1. The molecule has 11 nitrogen and oxygen atoms in total. The maximum absolute atomic E-state index is 13.9. The number of hydrogen-bond donors (Lipinski definition) is 7. The standard InChI is InChI=1S/C35H41N5O6/c1-21(2)16-27(36)32(42)38-30(19-24-20-37-28-11-7-6-10-26(24)28)34(44)39-29(17-22-8-4-3-5-9-22)33(43)40-31(35(45)46)18-23-12-14-25(41)15-13-23/h3-15,20-21,27,29-31,37,41H,16-19,36H2,1-2H3,(H,38,42)(H,39,44)(H,40,43)(H,45,46). The molecule has 4 rings (SSSR count). The van der Waals surface area contributed by atoms with Crippen molar-refractivity contribution in [1.82, 2.24) is 20.9 Å². The molecule has 0 radical (unpaired) electrons. The molecular formula is C35H41N5O6. The van der Waals surface area contributed by atoms with E-state index in [-0.39, 0.29) is 30.9 Å². The van der Waals surface area contributed by atoms with Crippen LogP contribution in [0.1, 0.15) is 37.0 Å². The van der Waals surface area contributed by atoms with Gasteiger partial charge in [0.15, 0.2) is 0 Å². The van der Waals surface area contributed by atoms with E-state index in [2.05, 4.69) is 20.9 Å². The smallest absolute Gasteiger partial charge is 0.326 e. The van der Waals surface area contributed by atoms with Crippen LogP contribution in [0.4, 0.5) is 0 Å². The Bertz CT molecular complexity index is 1640. The highest BCUT2D eigenvalue weighted by molar-refractivity contribution is 5.95. The number of carbonyl (C=O) groups excluding carboxylic acids is 3. The third kappa shape index (κ3) is 9.42. The Morgan fingerprint density at radius 2 is 1.26 bits per heavy atom. The van der Waals surface area contributed by atoms with E-state index in [0.29, 0.717) is 12.0 Å². The van der Waals surface area contributed by atoms with Gasteiger partial charge in [-0.05, 0) is 47.2 Å². The predicted molar refractivity (Wildman–Crippen MR) is 175 cm³/mol. The Kier molecular flexibility index (Phi) is 11.5. The largest absolute Gasteiger partial charge is 0.508 e. The molecule has 0 aliphatic rings. The minimum absolute atomic E-state index is 0.0322. The van der Waals surface area contributed by atoms with Crippen LogP contribution in [0.2, 0.25) is 0 Å². The van der Waals surface area contributed by atoms with Crippen LogP contribution >= 0.6 is 0 Å². The summed E-state index contributed by atoms with van der Waals surface area (Å²) in [7, 11) is 0. The van der Waals surface area contributed by atoms with E-state index in [1.165, 1.54) is 12.1 Å². The molecule has 242 valence electrons. The first-order valence-corrected chi connectivity index (χ1v) is 15.3. The molecule has 0 spiro atoms. The number of aromatic amines is 1. The molecule has 4 atom stereocenters. The fraction of sp³-hybridized carbons (Fsp3) is 0.314. The zero-order valence-electron chi connectivity index (χ0n) is 25.9. The van der Waals surface area contributed by atoms with Gasteiger partial charge in [-0.1, -0.05) is 74.5 Å². The van der Waals surface area contributed by atoms with Gasteiger partial charge < -0.3 is 36.9 Å². The van der Waals surface area contributed by atoms with Gasteiger partial charge in [-0.25, -0.2) is 4.79 Å². The van der Waals surface area contributed by atoms with Crippen LogP contribution in [-0.2, 0) is 38.4 Å². The topological polar surface area (TPSA) is 187 Å². The van der Waals surface area contributed by atoms with Crippen molar-refractivity contribution >= 4 is 34.6 Å². The zero-order valence-corrected chi connectivity index (χ0v) is 25.9. The number of aromatic hydroxyl groups is 1. The molecule has 8 N–H and O–H groups in total. The fourth-order valence-electron chi connectivity index (χ4n) is 5.29. The van der Waals surface area contributed by atoms with E-state index in [1.54, 1.807) is 42.6 Å². The van der Waals surface area contributed by atoms with E-state index in [0.717, 1.165) is 22.0 Å². The summed E-state index contributed by atoms with van der Waals surface area (Å²) < 4.78 is 0. The molecule has 11 heteroatoms. The Morgan fingerprint density at radius 1 is 0.717 bits per heavy atom. The van der Waals surface area contributed by atoms with Gasteiger partial charge in [-0.15, -0.1) is 0 Å². The number of nitrogens with one attached hydrogen (secondary N) is 4. The molecule has 0 fully saturated rings. The van der Waals surface area contributed by atoms with Crippen LogP contribution in [0.25, 0.3) is 10.9 Å². The monoisotopic (exact) mass is 627 g/mol. The molecule has 0 saturated carbocycles. The molecule has 0 aliphatic heterocycles. The highest BCUT2D eigenvalue weighted by Gasteiger charge is 2.31. The quantitative estimate of drug-likeness (QED) is 0.106. The van der Waals surface area contributed by atoms with Crippen LogP contribution in [0, 0.1) is 5.92 Å². The number of aliphatic carboxylic acids is 1. The number of phenolic OH excluding ortho intramolecular Hbond substituents is 1. The Hall–Kier alpha value is -5.16. The van der Waals surface area contributed by atoms with Gasteiger partial charge in [0.25, 0.3) is 0 Å². The minimum atomic E-state index is -1.30. The Labute approximate surface area is 267 Å². The van der Waals surface area contributed by atoms with E-state index in [1.807, 2.05) is 44.2 Å². The summed E-state index contributed by atoms with van der Waals surface area (Å²) >= 11 is 0. The SMILES string of the molecule is CC(C)CC(N)C(=O)NC(Cc1c[nH]c2ccccc12)C(=O)NC(Cc1ccccc1)C(=O)NC(Cc1ccc(O)cc1)C(=O)O. The lowest BCUT2D eigenvalue weighted by Crippen LogP contribution is -2.58. The number of nitrogens with two attached hydrogens (primary N) is 1. The van der Waals surface area contributed by atoms with Crippen molar-refractivity contribution in [2.75, 3.05) is 0 Å². The number of H-pyrrole nitrogens is 1. The zero-order chi connectivity index (χ0) is 33.2. The Balaban J connectivity index is 1.59. The number of rotatable bonds is 15. The lowest BCUT2D eigenvalue weighted by atomic mass is 10.00. The van der Waals surface area contributed by atoms with E-state index >= 15 is 0 Å². The number of amides is 3. The first-order chi connectivity index (χ1) is 22.0. The van der Waals surface area contributed by atoms with E-state index in [4.69, 9.17) is 5.73 Å². The van der Waals surface area contributed by atoms with Crippen molar-refractivity contribution in [3.05, 3.63) is 102 Å². The first kappa shape index (κ1) is 33.7. The molecule has 3 aromatic carbocycles. The average Bonchev–Trinajstić information content (AvgIpc) is 3.43. The molecule has 0 aliphatic carbocycles. The van der Waals surface area contributed by atoms with Gasteiger partial charge in [0.2, 0.25) is 17.7 Å². The molecule has 4 aromatic rings. The third-order valence-electron chi connectivity index (χ3n) is 7.70. The number of aromatic nitrogens is 1. The molecule has 0 bridgehead atoms. The molecule has 3 amide bonds. The normalized spacial score (nSPS) is 13.8. The highest BCUT2D eigenvalue weighted by Crippen LogP contribution is 2.20. The molecule has 46 heavy (non-hydrogen) atoms. The first-order valence-electron chi connectivity index (χ1n) is 15.3. The molecule has 0 saturated heterocycles. The van der Waals surface area contributed by atoms with Gasteiger partial charge >= 0.3 is 5.97 Å². The van der Waals surface area contributed by atoms with Gasteiger partial charge in [0.1, 0.15) is 23.9 Å². The summed E-state index contributed by atoms with van der Waals surface area (Å²) in [5.41, 5.74) is 9.14. The van der Waals surface area contributed by atoms with Crippen molar-refractivity contribution < 1.29 is 29.4 Å². The van der Waals surface area contributed by atoms with E-state index in [9.17, 15) is 29.4 Å². The van der Waals surface area contributed by atoms with Crippen molar-refractivity contribution in [2.24, 2.45) is 11.7 Å². The summed E-state index contributed by atoms with van der Waals surface area (Å²) in [6, 6.07) is 18.2. The Morgan fingerprint density at radius 3 is 1.91 bits per heavy atom. The fourth-order valence-corrected chi connectivity index (χ4v) is 5.29. The molecule has 1 heterocycles. The number of para-hydroxylation sites is 1. The second kappa shape index (κ2) is 15.7.